The normalized spacial score (nSPS) is 23.4. The van der Waals surface area contributed by atoms with Crippen molar-refractivity contribution in [1.82, 2.24) is 14.9 Å². The first kappa shape index (κ1) is 18.2. The average molecular weight is 427 g/mol. The van der Waals surface area contributed by atoms with Gasteiger partial charge in [-0.25, -0.2) is 0 Å². The minimum Gasteiger partial charge on any atom is -0.390 e. The Bertz CT molecular complexity index is 1580. The molecular formula is C25H21N3O4. The van der Waals surface area contributed by atoms with Gasteiger partial charge in [-0.1, -0.05) is 36.4 Å². The van der Waals surface area contributed by atoms with Gasteiger partial charge in [0.25, 0.3) is 5.91 Å². The first-order chi connectivity index (χ1) is 15.6. The third-order valence-electron chi connectivity index (χ3n) is 6.99. The second-order valence-corrected chi connectivity index (χ2v) is 8.73. The molecule has 0 bridgehead atoms. The quantitative estimate of drug-likeness (QED) is 0.330. The van der Waals surface area contributed by atoms with E-state index in [9.17, 15) is 15.0 Å². The maximum atomic E-state index is 13.1. The van der Waals surface area contributed by atoms with Gasteiger partial charge in [-0.2, -0.15) is 0 Å². The highest BCUT2D eigenvalue weighted by molar-refractivity contribution is 6.30. The molecule has 2 aliphatic heterocycles. The molecule has 2 aliphatic rings. The number of H-pyrrole nitrogens is 1. The van der Waals surface area contributed by atoms with Gasteiger partial charge in [0, 0.05) is 40.0 Å². The first-order valence-electron chi connectivity index (χ1n) is 10.9. The highest BCUT2D eigenvalue weighted by Crippen LogP contribution is 2.45. The van der Waals surface area contributed by atoms with E-state index in [4.69, 9.17) is 4.74 Å². The van der Waals surface area contributed by atoms with Crippen molar-refractivity contribution in [3.05, 3.63) is 59.7 Å². The molecule has 3 unspecified atom stereocenters. The predicted octanol–water partition coefficient (Wildman–Crippen LogP) is 3.31. The van der Waals surface area contributed by atoms with Crippen LogP contribution >= 0.6 is 0 Å². The summed E-state index contributed by atoms with van der Waals surface area (Å²) in [4.78, 5) is 16.7. The molecule has 1 fully saturated rings. The van der Waals surface area contributed by atoms with Gasteiger partial charge in [-0.05, 0) is 17.7 Å². The molecular weight excluding hydrogens is 406 g/mol. The monoisotopic (exact) mass is 427 g/mol. The number of nitrogens with zero attached hydrogens (tertiary/aromatic N) is 1. The summed E-state index contributed by atoms with van der Waals surface area (Å²) in [6.07, 6.45) is -1.98. The summed E-state index contributed by atoms with van der Waals surface area (Å²) in [5.41, 5.74) is 5.51. The Kier molecular flexibility index (Phi) is 3.60. The van der Waals surface area contributed by atoms with E-state index in [2.05, 4.69) is 20.9 Å². The molecule has 32 heavy (non-hydrogen) atoms. The van der Waals surface area contributed by atoms with E-state index in [-0.39, 0.29) is 18.9 Å². The number of aromatic nitrogens is 2. The number of ether oxygens (including phenoxy) is 1. The summed E-state index contributed by atoms with van der Waals surface area (Å²) in [7, 11) is 0. The fourth-order valence-corrected chi connectivity index (χ4v) is 5.59. The second kappa shape index (κ2) is 6.32. The topological polar surface area (TPSA) is 99.5 Å². The molecule has 1 amide bonds. The minimum atomic E-state index is -0.900. The lowest BCUT2D eigenvalue weighted by Crippen LogP contribution is -2.39. The van der Waals surface area contributed by atoms with Crippen molar-refractivity contribution in [2.24, 2.45) is 0 Å². The average Bonchev–Trinajstić information content (AvgIpc) is 3.47. The number of hydrogen-bond donors (Lipinski definition) is 4. The van der Waals surface area contributed by atoms with E-state index in [1.165, 1.54) is 0 Å². The van der Waals surface area contributed by atoms with Crippen LogP contribution in [0.15, 0.2) is 48.5 Å². The van der Waals surface area contributed by atoms with Crippen LogP contribution < -0.4 is 5.32 Å². The highest BCUT2D eigenvalue weighted by atomic mass is 16.5. The third-order valence-corrected chi connectivity index (χ3v) is 6.99. The molecule has 160 valence electrons. The fraction of sp³-hybridized carbons (Fsp3) is 0.240. The zero-order valence-electron chi connectivity index (χ0n) is 17.1. The van der Waals surface area contributed by atoms with Crippen molar-refractivity contribution in [3.8, 4) is 0 Å². The van der Waals surface area contributed by atoms with Crippen molar-refractivity contribution in [3.63, 3.8) is 0 Å². The first-order valence-corrected chi connectivity index (χ1v) is 10.9. The Morgan fingerprint density at radius 1 is 0.969 bits per heavy atom. The third kappa shape index (κ3) is 2.22. The van der Waals surface area contributed by atoms with Crippen molar-refractivity contribution in [2.75, 3.05) is 6.61 Å². The number of aromatic amines is 1. The minimum absolute atomic E-state index is 0.0567. The van der Waals surface area contributed by atoms with Crippen LogP contribution in [-0.2, 0) is 11.3 Å². The highest BCUT2D eigenvalue weighted by Gasteiger charge is 2.35. The van der Waals surface area contributed by atoms with Gasteiger partial charge in [-0.15, -0.1) is 0 Å². The molecule has 0 aliphatic carbocycles. The maximum absolute atomic E-state index is 13.1. The Labute approximate surface area is 182 Å². The standard InChI is InChI=1S/C25H21N3O4/c29-17-9-19(32-11-18(17)30)28-16-8-4-2-6-13(16)21-22-14(10-26-25(22)31)20-12-5-1-3-7-15(12)27-23(20)24(21)28/h1-8,17-19,27,29-30H,9-11H2,(H,26,31). The van der Waals surface area contributed by atoms with Crippen LogP contribution in [0.25, 0.3) is 43.6 Å². The van der Waals surface area contributed by atoms with Crippen LogP contribution in [0.3, 0.4) is 0 Å². The lowest BCUT2D eigenvalue weighted by atomic mass is 9.97. The van der Waals surface area contributed by atoms with Crippen molar-refractivity contribution >= 4 is 49.5 Å². The fourth-order valence-electron chi connectivity index (χ4n) is 5.59. The predicted molar refractivity (Wildman–Crippen MR) is 122 cm³/mol. The summed E-state index contributed by atoms with van der Waals surface area (Å²) < 4.78 is 8.12. The van der Waals surface area contributed by atoms with Crippen LogP contribution in [-0.4, -0.2) is 44.5 Å². The smallest absolute Gasteiger partial charge is 0.252 e. The van der Waals surface area contributed by atoms with Gasteiger partial charge < -0.3 is 29.8 Å². The number of para-hydroxylation sites is 2. The van der Waals surface area contributed by atoms with E-state index in [1.807, 2.05) is 42.5 Å². The summed E-state index contributed by atoms with van der Waals surface area (Å²) in [6, 6.07) is 16.1. The number of aliphatic hydroxyl groups excluding tert-OH is 2. The molecule has 1 saturated heterocycles. The molecule has 0 radical (unpaired) electrons. The van der Waals surface area contributed by atoms with Crippen LogP contribution in [0.4, 0.5) is 0 Å². The van der Waals surface area contributed by atoms with Gasteiger partial charge in [0.2, 0.25) is 0 Å². The van der Waals surface area contributed by atoms with Gasteiger partial charge in [0.05, 0.1) is 34.8 Å². The molecule has 7 nitrogen and oxygen atoms in total. The number of benzene rings is 3. The number of nitrogens with one attached hydrogen (secondary N) is 2. The summed E-state index contributed by atoms with van der Waals surface area (Å²) in [5, 5.41) is 27.4. The number of carbonyl (C=O) groups excluding carboxylic acids is 1. The Morgan fingerprint density at radius 3 is 2.59 bits per heavy atom. The summed E-state index contributed by atoms with van der Waals surface area (Å²) in [5.74, 6) is -0.0693. The molecule has 0 spiro atoms. The zero-order chi connectivity index (χ0) is 21.6. The van der Waals surface area contributed by atoms with Crippen molar-refractivity contribution in [2.45, 2.75) is 31.4 Å². The van der Waals surface area contributed by atoms with Crippen LogP contribution in [0.5, 0.6) is 0 Å². The van der Waals surface area contributed by atoms with E-state index >= 15 is 0 Å². The number of hydrogen-bond acceptors (Lipinski definition) is 4. The van der Waals surface area contributed by atoms with Gasteiger partial charge in [0.15, 0.2) is 0 Å². The van der Waals surface area contributed by atoms with Gasteiger partial charge in [-0.3, -0.25) is 4.79 Å². The number of aliphatic hydroxyl groups is 2. The maximum Gasteiger partial charge on any atom is 0.252 e. The largest absolute Gasteiger partial charge is 0.390 e. The number of amides is 1. The second-order valence-electron chi connectivity index (χ2n) is 8.73. The molecule has 2 aromatic heterocycles. The SMILES string of the molecule is O=C1NCc2c1c1c3ccccc3n(C3CC(O)C(O)CO3)c1c1[nH]c3ccccc3c21. The van der Waals surface area contributed by atoms with Gasteiger partial charge >= 0.3 is 0 Å². The van der Waals surface area contributed by atoms with E-state index in [1.54, 1.807) is 0 Å². The lowest BCUT2D eigenvalue weighted by molar-refractivity contribution is -0.142. The number of rotatable bonds is 1. The number of carbonyl (C=O) groups is 1. The molecule has 3 aromatic carbocycles. The Balaban J connectivity index is 1.71. The molecule has 4 N–H and O–H groups in total. The number of fused-ring (bicyclic) bond motifs is 10. The Hall–Kier alpha value is -3.39. The van der Waals surface area contributed by atoms with Gasteiger partial charge in [0.1, 0.15) is 12.3 Å². The molecule has 4 heterocycles. The van der Waals surface area contributed by atoms with Crippen molar-refractivity contribution in [1.29, 1.82) is 0 Å². The Morgan fingerprint density at radius 2 is 1.75 bits per heavy atom. The molecule has 0 saturated carbocycles. The summed E-state index contributed by atoms with van der Waals surface area (Å²) >= 11 is 0. The van der Waals surface area contributed by atoms with Crippen molar-refractivity contribution < 1.29 is 19.7 Å². The molecule has 7 heteroatoms. The molecule has 7 rings (SSSR count). The summed E-state index contributed by atoms with van der Waals surface area (Å²) in [6.45, 7) is 0.550. The van der Waals surface area contributed by atoms with E-state index < -0.39 is 18.4 Å². The lowest BCUT2D eigenvalue weighted by Gasteiger charge is -2.32. The van der Waals surface area contributed by atoms with Crippen LogP contribution in [0.2, 0.25) is 0 Å². The molecule has 3 atom stereocenters. The van der Waals surface area contributed by atoms with Crippen LogP contribution in [0.1, 0.15) is 28.6 Å². The van der Waals surface area contributed by atoms with Crippen LogP contribution in [0, 0.1) is 0 Å². The van der Waals surface area contributed by atoms with E-state index in [0.717, 1.165) is 49.2 Å². The molecule has 5 aromatic rings. The zero-order valence-corrected chi connectivity index (χ0v) is 17.1. The van der Waals surface area contributed by atoms with E-state index in [0.29, 0.717) is 12.1 Å².